The number of hydrogen-bond donors (Lipinski definition) is 1. The molecule has 1 aromatic rings. The van der Waals surface area contributed by atoms with Crippen molar-refractivity contribution in [3.8, 4) is 0 Å². The van der Waals surface area contributed by atoms with Crippen molar-refractivity contribution in [3.05, 3.63) is 47.2 Å². The molecule has 78 valence electrons. The Bertz CT molecular complexity index is 436. The second kappa shape index (κ2) is 3.12. The standard InChI is InChI=1S/C12H13NO2/c1-8-10(13)12(2,15-11(8)14)9-6-4-3-5-7-9/h3-7H,13H2,1-2H3. The zero-order chi connectivity index (χ0) is 11.1. The van der Waals surface area contributed by atoms with Gasteiger partial charge < -0.3 is 10.5 Å². The lowest BCUT2D eigenvalue weighted by atomic mass is 9.92. The van der Waals surface area contributed by atoms with Gasteiger partial charge in [-0.25, -0.2) is 4.79 Å². The fourth-order valence-corrected chi connectivity index (χ4v) is 1.76. The highest BCUT2D eigenvalue weighted by atomic mass is 16.6. The van der Waals surface area contributed by atoms with Crippen LogP contribution in [0.25, 0.3) is 0 Å². The summed E-state index contributed by atoms with van der Waals surface area (Å²) in [6, 6.07) is 9.51. The van der Waals surface area contributed by atoms with Crippen molar-refractivity contribution in [1.82, 2.24) is 0 Å². The highest BCUT2D eigenvalue weighted by Crippen LogP contribution is 2.37. The summed E-state index contributed by atoms with van der Waals surface area (Å²) in [6.07, 6.45) is 0. The summed E-state index contributed by atoms with van der Waals surface area (Å²) in [5.74, 6) is -0.334. The fourth-order valence-electron chi connectivity index (χ4n) is 1.76. The number of hydrogen-bond acceptors (Lipinski definition) is 3. The fraction of sp³-hybridized carbons (Fsp3) is 0.250. The van der Waals surface area contributed by atoms with Crippen LogP contribution in [0.5, 0.6) is 0 Å². The predicted octanol–water partition coefficient (Wildman–Crippen LogP) is 1.69. The Hall–Kier alpha value is -1.77. The second-order valence-electron chi connectivity index (χ2n) is 3.83. The minimum atomic E-state index is -0.803. The maximum Gasteiger partial charge on any atom is 0.336 e. The van der Waals surface area contributed by atoms with Gasteiger partial charge in [0, 0.05) is 5.56 Å². The van der Waals surface area contributed by atoms with Crippen molar-refractivity contribution in [2.45, 2.75) is 19.4 Å². The van der Waals surface area contributed by atoms with Crippen LogP contribution < -0.4 is 5.73 Å². The van der Waals surface area contributed by atoms with E-state index in [0.717, 1.165) is 5.56 Å². The van der Waals surface area contributed by atoms with Gasteiger partial charge in [-0.05, 0) is 13.8 Å². The molecule has 0 radical (unpaired) electrons. The molecule has 0 saturated heterocycles. The van der Waals surface area contributed by atoms with Crippen LogP contribution >= 0.6 is 0 Å². The van der Waals surface area contributed by atoms with Gasteiger partial charge in [-0.15, -0.1) is 0 Å². The minimum Gasteiger partial charge on any atom is -0.445 e. The first-order chi connectivity index (χ1) is 7.05. The Morgan fingerprint density at radius 2 is 1.87 bits per heavy atom. The molecule has 0 saturated carbocycles. The molecule has 2 rings (SSSR count). The van der Waals surface area contributed by atoms with Crippen molar-refractivity contribution in [2.75, 3.05) is 0 Å². The van der Waals surface area contributed by atoms with Gasteiger partial charge in [0.15, 0.2) is 5.60 Å². The summed E-state index contributed by atoms with van der Waals surface area (Å²) < 4.78 is 5.32. The smallest absolute Gasteiger partial charge is 0.336 e. The van der Waals surface area contributed by atoms with Gasteiger partial charge in [-0.2, -0.15) is 0 Å². The summed E-state index contributed by atoms with van der Waals surface area (Å²) in [4.78, 5) is 11.4. The van der Waals surface area contributed by atoms with E-state index in [0.29, 0.717) is 11.3 Å². The highest BCUT2D eigenvalue weighted by Gasteiger charge is 2.42. The van der Waals surface area contributed by atoms with Gasteiger partial charge in [-0.3, -0.25) is 0 Å². The molecule has 1 atom stereocenters. The number of benzene rings is 1. The molecule has 0 bridgehead atoms. The van der Waals surface area contributed by atoms with Crippen LogP contribution in [0.3, 0.4) is 0 Å². The van der Waals surface area contributed by atoms with Crippen molar-refractivity contribution in [2.24, 2.45) is 5.73 Å². The maximum absolute atomic E-state index is 11.4. The van der Waals surface area contributed by atoms with E-state index < -0.39 is 5.60 Å². The van der Waals surface area contributed by atoms with Gasteiger partial charge in [0.1, 0.15) is 0 Å². The Morgan fingerprint density at radius 3 is 2.33 bits per heavy atom. The molecular formula is C12H13NO2. The molecule has 0 aliphatic carbocycles. The van der Waals surface area contributed by atoms with Crippen LogP contribution in [-0.4, -0.2) is 5.97 Å². The molecule has 1 unspecified atom stereocenters. The lowest BCUT2D eigenvalue weighted by Gasteiger charge is -2.24. The Kier molecular flexibility index (Phi) is 2.03. The minimum absolute atomic E-state index is 0.334. The molecule has 1 aromatic carbocycles. The SMILES string of the molecule is CC1=C(N)C(C)(c2ccccc2)OC1=O. The van der Waals surface area contributed by atoms with E-state index in [4.69, 9.17) is 10.5 Å². The lowest BCUT2D eigenvalue weighted by molar-refractivity contribution is -0.146. The summed E-state index contributed by atoms with van der Waals surface area (Å²) in [7, 11) is 0. The normalized spacial score (nSPS) is 25.6. The first-order valence-electron chi connectivity index (χ1n) is 4.81. The van der Waals surface area contributed by atoms with E-state index in [1.807, 2.05) is 37.3 Å². The van der Waals surface area contributed by atoms with E-state index in [2.05, 4.69) is 0 Å². The predicted molar refractivity (Wildman–Crippen MR) is 56.8 cm³/mol. The molecular weight excluding hydrogens is 190 g/mol. The summed E-state index contributed by atoms with van der Waals surface area (Å²) in [5.41, 5.74) is 7.01. The molecule has 1 heterocycles. The quantitative estimate of drug-likeness (QED) is 0.707. The van der Waals surface area contributed by atoms with Crippen LogP contribution in [0.15, 0.2) is 41.6 Å². The van der Waals surface area contributed by atoms with Crippen molar-refractivity contribution >= 4 is 5.97 Å². The van der Waals surface area contributed by atoms with Gasteiger partial charge in [0.05, 0.1) is 11.3 Å². The number of cyclic esters (lactones) is 1. The monoisotopic (exact) mass is 203 g/mol. The molecule has 1 aliphatic heterocycles. The van der Waals surface area contributed by atoms with Crippen LogP contribution in [0.1, 0.15) is 19.4 Å². The van der Waals surface area contributed by atoms with Crippen LogP contribution in [-0.2, 0) is 15.1 Å². The summed E-state index contributed by atoms with van der Waals surface area (Å²) in [6.45, 7) is 3.50. The van der Waals surface area contributed by atoms with Crippen molar-refractivity contribution in [1.29, 1.82) is 0 Å². The van der Waals surface area contributed by atoms with Gasteiger partial charge >= 0.3 is 5.97 Å². The molecule has 0 amide bonds. The zero-order valence-electron chi connectivity index (χ0n) is 8.78. The number of esters is 1. The third kappa shape index (κ3) is 1.31. The second-order valence-corrected chi connectivity index (χ2v) is 3.83. The molecule has 2 N–H and O–H groups in total. The molecule has 0 aromatic heterocycles. The van der Waals surface area contributed by atoms with Crippen LogP contribution in [0.2, 0.25) is 0 Å². The van der Waals surface area contributed by atoms with Crippen LogP contribution in [0.4, 0.5) is 0 Å². The van der Waals surface area contributed by atoms with E-state index in [1.54, 1.807) is 6.92 Å². The number of carbonyl (C=O) groups excluding carboxylic acids is 1. The largest absolute Gasteiger partial charge is 0.445 e. The van der Waals surface area contributed by atoms with E-state index in [-0.39, 0.29) is 5.97 Å². The van der Waals surface area contributed by atoms with Gasteiger partial charge in [-0.1, -0.05) is 30.3 Å². The van der Waals surface area contributed by atoms with E-state index >= 15 is 0 Å². The molecule has 15 heavy (non-hydrogen) atoms. The summed E-state index contributed by atoms with van der Waals surface area (Å²) in [5, 5.41) is 0. The average Bonchev–Trinajstić information content (AvgIpc) is 2.45. The molecule has 3 heteroatoms. The average molecular weight is 203 g/mol. The maximum atomic E-state index is 11.4. The molecule has 0 spiro atoms. The first kappa shape index (κ1) is 9.77. The van der Waals surface area contributed by atoms with Crippen LogP contribution in [0, 0.1) is 0 Å². The Balaban J connectivity index is 2.51. The first-order valence-corrected chi connectivity index (χ1v) is 4.81. The van der Waals surface area contributed by atoms with Gasteiger partial charge in [0.2, 0.25) is 0 Å². The van der Waals surface area contributed by atoms with Gasteiger partial charge in [0.25, 0.3) is 0 Å². The zero-order valence-corrected chi connectivity index (χ0v) is 8.78. The van der Waals surface area contributed by atoms with Crippen molar-refractivity contribution < 1.29 is 9.53 Å². The molecule has 0 fully saturated rings. The third-order valence-corrected chi connectivity index (χ3v) is 2.85. The Labute approximate surface area is 88.5 Å². The van der Waals surface area contributed by atoms with E-state index in [9.17, 15) is 4.79 Å². The lowest BCUT2D eigenvalue weighted by Crippen LogP contribution is -2.28. The third-order valence-electron chi connectivity index (χ3n) is 2.85. The Morgan fingerprint density at radius 1 is 1.27 bits per heavy atom. The highest BCUT2D eigenvalue weighted by molar-refractivity contribution is 5.92. The number of nitrogens with two attached hydrogens (primary N) is 1. The summed E-state index contributed by atoms with van der Waals surface area (Å²) >= 11 is 0. The number of ether oxygens (including phenoxy) is 1. The molecule has 3 nitrogen and oxygen atoms in total. The molecule has 1 aliphatic rings. The number of rotatable bonds is 1. The van der Waals surface area contributed by atoms with E-state index in [1.165, 1.54) is 0 Å². The van der Waals surface area contributed by atoms with Crippen molar-refractivity contribution in [3.63, 3.8) is 0 Å². The number of carbonyl (C=O) groups is 1. The topological polar surface area (TPSA) is 52.3 Å².